The van der Waals surface area contributed by atoms with Crippen molar-refractivity contribution in [2.45, 2.75) is 64.3 Å². The molecule has 35 heavy (non-hydrogen) atoms. The Balaban J connectivity index is 1.59. The van der Waals surface area contributed by atoms with Gasteiger partial charge in [0.2, 0.25) is 11.8 Å². The highest BCUT2D eigenvalue weighted by Gasteiger charge is 2.58. The number of carbonyl (C=O) groups is 2. The van der Waals surface area contributed by atoms with Crippen LogP contribution in [0.1, 0.15) is 63.4 Å². The smallest absolute Gasteiger partial charge is 0.225 e. The number of morpholine rings is 1. The van der Waals surface area contributed by atoms with Gasteiger partial charge in [0.1, 0.15) is 0 Å². The molecule has 1 saturated carbocycles. The van der Waals surface area contributed by atoms with Crippen molar-refractivity contribution in [2.24, 2.45) is 22.5 Å². The molecule has 2 N–H and O–H groups in total. The third kappa shape index (κ3) is 5.70. The molecule has 1 atom stereocenters. The second-order valence-corrected chi connectivity index (χ2v) is 10.8. The maximum absolute atomic E-state index is 13.5. The summed E-state index contributed by atoms with van der Waals surface area (Å²) in [5.74, 6) is -0.201. The SMILES string of the molecule is N#CC1(C(CC(=O)N2CCOCC2)(CC2CCCCC2)C(N)=O)CCN(Cc2ccccc2)CC1. The van der Waals surface area contributed by atoms with Crippen LogP contribution in [-0.4, -0.2) is 61.0 Å². The van der Waals surface area contributed by atoms with E-state index in [2.05, 4.69) is 23.1 Å². The Morgan fingerprint density at radius 2 is 1.71 bits per heavy atom. The molecule has 1 aliphatic carbocycles. The number of carbonyl (C=O) groups excluding carboxylic acids is 2. The van der Waals surface area contributed by atoms with Crippen LogP contribution >= 0.6 is 0 Å². The lowest BCUT2D eigenvalue weighted by Gasteiger charge is -2.50. The fourth-order valence-corrected chi connectivity index (χ4v) is 6.56. The molecule has 2 heterocycles. The lowest BCUT2D eigenvalue weighted by Crippen LogP contribution is -2.58. The average Bonchev–Trinajstić information content (AvgIpc) is 2.90. The highest BCUT2D eigenvalue weighted by Crippen LogP contribution is 2.54. The van der Waals surface area contributed by atoms with Crippen molar-refractivity contribution in [3.05, 3.63) is 35.9 Å². The minimum atomic E-state index is -1.14. The molecule has 0 radical (unpaired) electrons. The Labute approximate surface area is 209 Å². The monoisotopic (exact) mass is 480 g/mol. The van der Waals surface area contributed by atoms with Crippen LogP contribution < -0.4 is 5.73 Å². The molecule has 7 nitrogen and oxygen atoms in total. The summed E-state index contributed by atoms with van der Waals surface area (Å²) >= 11 is 0. The van der Waals surface area contributed by atoms with Crippen LogP contribution in [0.3, 0.4) is 0 Å². The first-order valence-electron chi connectivity index (χ1n) is 13.3. The first kappa shape index (κ1) is 25.7. The lowest BCUT2D eigenvalue weighted by atomic mass is 9.53. The number of hydrogen-bond donors (Lipinski definition) is 1. The van der Waals surface area contributed by atoms with Crippen LogP contribution in [-0.2, 0) is 20.9 Å². The summed E-state index contributed by atoms with van der Waals surface area (Å²) in [6.45, 7) is 4.33. The van der Waals surface area contributed by atoms with Crippen molar-refractivity contribution in [3.8, 4) is 6.07 Å². The van der Waals surface area contributed by atoms with Gasteiger partial charge >= 0.3 is 0 Å². The molecule has 0 spiro atoms. The summed E-state index contributed by atoms with van der Waals surface area (Å²) in [6, 6.07) is 12.9. The van der Waals surface area contributed by atoms with Crippen LogP contribution in [0.2, 0.25) is 0 Å². The Bertz CT molecular complexity index is 895. The van der Waals surface area contributed by atoms with E-state index in [0.717, 1.165) is 32.2 Å². The van der Waals surface area contributed by atoms with E-state index in [-0.39, 0.29) is 12.3 Å². The molecule has 190 valence electrons. The molecule has 2 saturated heterocycles. The molecule has 4 rings (SSSR count). The van der Waals surface area contributed by atoms with Crippen LogP contribution in [0, 0.1) is 28.1 Å². The quantitative estimate of drug-likeness (QED) is 0.614. The molecular weight excluding hydrogens is 440 g/mol. The number of nitriles is 1. The highest BCUT2D eigenvalue weighted by atomic mass is 16.5. The number of primary amides is 1. The average molecular weight is 481 g/mol. The maximum atomic E-state index is 13.5. The Kier molecular flexibility index (Phi) is 8.46. The lowest BCUT2D eigenvalue weighted by molar-refractivity contribution is -0.151. The predicted octanol–water partition coefficient (Wildman–Crippen LogP) is 3.48. The zero-order chi connectivity index (χ0) is 24.7. The zero-order valence-electron chi connectivity index (χ0n) is 20.9. The fraction of sp³-hybridized carbons (Fsp3) is 0.679. The predicted molar refractivity (Wildman–Crippen MR) is 134 cm³/mol. The van der Waals surface area contributed by atoms with Crippen LogP contribution in [0.4, 0.5) is 0 Å². The zero-order valence-corrected chi connectivity index (χ0v) is 20.9. The highest BCUT2D eigenvalue weighted by molar-refractivity contribution is 5.89. The molecule has 2 aliphatic heterocycles. The molecule has 0 aromatic heterocycles. The minimum absolute atomic E-state index is 0.0328. The summed E-state index contributed by atoms with van der Waals surface area (Å²) in [5, 5.41) is 10.6. The van der Waals surface area contributed by atoms with E-state index >= 15 is 0 Å². The van der Waals surface area contributed by atoms with Gasteiger partial charge in [0.25, 0.3) is 0 Å². The van der Waals surface area contributed by atoms with Crippen molar-refractivity contribution in [1.82, 2.24) is 9.80 Å². The van der Waals surface area contributed by atoms with Gasteiger partial charge in [0, 0.05) is 39.1 Å². The standard InChI is InChI=1S/C28H40N4O3/c29-22-27(11-13-31(14-12-27)21-24-9-5-2-6-10-24)28(26(30)34,19-23-7-3-1-4-8-23)20-25(33)32-15-17-35-18-16-32/h2,5-6,9-10,23H,1,3-4,7-8,11-21H2,(H2,30,34). The number of amides is 2. The van der Waals surface area contributed by atoms with E-state index in [9.17, 15) is 14.9 Å². The number of likely N-dealkylation sites (tertiary alicyclic amines) is 1. The molecule has 2 amide bonds. The first-order valence-corrected chi connectivity index (χ1v) is 13.3. The van der Waals surface area contributed by atoms with E-state index < -0.39 is 16.7 Å². The van der Waals surface area contributed by atoms with Gasteiger partial charge in [-0.3, -0.25) is 14.5 Å². The van der Waals surface area contributed by atoms with Gasteiger partial charge in [-0.1, -0.05) is 62.4 Å². The van der Waals surface area contributed by atoms with Crippen molar-refractivity contribution < 1.29 is 14.3 Å². The number of piperidine rings is 1. The van der Waals surface area contributed by atoms with Crippen LogP contribution in [0.25, 0.3) is 0 Å². The third-order valence-electron chi connectivity index (χ3n) is 8.74. The molecular formula is C28H40N4O3. The van der Waals surface area contributed by atoms with Gasteiger partial charge in [0.15, 0.2) is 0 Å². The van der Waals surface area contributed by atoms with Gasteiger partial charge in [-0.2, -0.15) is 5.26 Å². The maximum Gasteiger partial charge on any atom is 0.225 e. The first-order chi connectivity index (χ1) is 17.0. The molecule has 0 bridgehead atoms. The number of ether oxygens (including phenoxy) is 1. The summed E-state index contributed by atoms with van der Waals surface area (Å²) < 4.78 is 5.42. The van der Waals surface area contributed by atoms with E-state index in [1.807, 2.05) is 18.2 Å². The van der Waals surface area contributed by atoms with Gasteiger partial charge in [-0.25, -0.2) is 0 Å². The summed E-state index contributed by atoms with van der Waals surface area (Å²) in [4.78, 5) is 31.1. The van der Waals surface area contributed by atoms with Crippen LogP contribution in [0.5, 0.6) is 0 Å². The van der Waals surface area contributed by atoms with Gasteiger partial charge in [0.05, 0.1) is 30.1 Å². The van der Waals surface area contributed by atoms with Crippen molar-refractivity contribution >= 4 is 11.8 Å². The second-order valence-electron chi connectivity index (χ2n) is 10.8. The molecule has 3 aliphatic rings. The Hall–Kier alpha value is -2.43. The summed E-state index contributed by atoms with van der Waals surface area (Å²) in [5.41, 5.74) is 5.39. The number of hydrogen-bond acceptors (Lipinski definition) is 5. The number of benzene rings is 1. The number of rotatable bonds is 8. The fourth-order valence-electron chi connectivity index (χ4n) is 6.56. The topological polar surface area (TPSA) is 99.7 Å². The molecule has 7 heteroatoms. The third-order valence-corrected chi connectivity index (χ3v) is 8.74. The number of nitrogens with zero attached hydrogens (tertiary/aromatic N) is 3. The van der Waals surface area contributed by atoms with Gasteiger partial charge < -0.3 is 15.4 Å². The largest absolute Gasteiger partial charge is 0.378 e. The van der Waals surface area contributed by atoms with Crippen molar-refractivity contribution in [3.63, 3.8) is 0 Å². The van der Waals surface area contributed by atoms with Gasteiger partial charge in [-0.15, -0.1) is 0 Å². The summed E-state index contributed by atoms with van der Waals surface area (Å²) in [6.07, 6.45) is 7.28. The summed E-state index contributed by atoms with van der Waals surface area (Å²) in [7, 11) is 0. The second kappa shape index (κ2) is 11.5. The van der Waals surface area contributed by atoms with E-state index in [4.69, 9.17) is 10.5 Å². The van der Waals surface area contributed by atoms with Gasteiger partial charge in [-0.05, 0) is 30.7 Å². The van der Waals surface area contributed by atoms with E-state index in [0.29, 0.717) is 64.6 Å². The normalized spacial score (nSPS) is 23.2. The van der Waals surface area contributed by atoms with Crippen molar-refractivity contribution in [1.29, 1.82) is 5.26 Å². The van der Waals surface area contributed by atoms with Crippen LogP contribution in [0.15, 0.2) is 30.3 Å². The molecule has 1 unspecified atom stereocenters. The molecule has 1 aromatic carbocycles. The Morgan fingerprint density at radius 1 is 1.06 bits per heavy atom. The van der Waals surface area contributed by atoms with E-state index in [1.54, 1.807) is 4.90 Å². The Morgan fingerprint density at radius 3 is 2.31 bits per heavy atom. The minimum Gasteiger partial charge on any atom is -0.378 e. The van der Waals surface area contributed by atoms with E-state index in [1.165, 1.54) is 12.0 Å². The van der Waals surface area contributed by atoms with Crippen molar-refractivity contribution in [2.75, 3.05) is 39.4 Å². The molecule has 3 fully saturated rings. The molecule has 1 aromatic rings. The number of nitrogens with two attached hydrogens (primary N) is 1.